The van der Waals surface area contributed by atoms with Gasteiger partial charge in [-0.05, 0) is 36.8 Å². The molecule has 6 heteroatoms. The lowest BCUT2D eigenvalue weighted by molar-refractivity contribution is 0.0963. The van der Waals surface area contributed by atoms with E-state index in [2.05, 4.69) is 23.1 Å². The molecule has 1 N–H and O–H groups in total. The molecule has 0 aliphatic heterocycles. The van der Waals surface area contributed by atoms with E-state index in [1.54, 1.807) is 36.1 Å². The number of carbonyl (C=O) groups excluding carboxylic acids is 1. The number of aryl methyl sites for hydroxylation is 2. The van der Waals surface area contributed by atoms with Crippen molar-refractivity contribution in [2.45, 2.75) is 11.8 Å². The first-order valence-corrected chi connectivity index (χ1v) is 7.00. The molecule has 2 rings (SSSR count). The van der Waals surface area contributed by atoms with E-state index in [0.717, 1.165) is 10.5 Å². The zero-order valence-electron chi connectivity index (χ0n) is 11.8. The first-order valence-electron chi connectivity index (χ1n) is 6.18. The lowest BCUT2D eigenvalue weighted by Gasteiger charge is -2.09. The fraction of sp³-hybridized carbons (Fsp3) is 0.133. The van der Waals surface area contributed by atoms with Crippen LogP contribution in [0.25, 0.3) is 0 Å². The maximum absolute atomic E-state index is 11.9. The second-order valence-electron chi connectivity index (χ2n) is 4.45. The van der Waals surface area contributed by atoms with E-state index >= 15 is 0 Å². The van der Waals surface area contributed by atoms with Crippen molar-refractivity contribution in [3.05, 3.63) is 58.9 Å². The van der Waals surface area contributed by atoms with Gasteiger partial charge in [-0.3, -0.25) is 9.48 Å². The number of nitrogens with one attached hydrogen (secondary N) is 1. The predicted molar refractivity (Wildman–Crippen MR) is 81.6 cm³/mol. The molecule has 1 aromatic heterocycles. The highest BCUT2D eigenvalue weighted by Crippen LogP contribution is 2.27. The van der Waals surface area contributed by atoms with Crippen LogP contribution in [0, 0.1) is 18.3 Å². The standard InChI is InChI=1S/C15H14N4OS/c1-10-8-12(9-16)4-5-14(10)21-11(2)17-15(20)13-6-7-19(3)18-13/h4-8H,2H2,1,3H3,(H,17,20). The van der Waals surface area contributed by atoms with Crippen molar-refractivity contribution in [3.8, 4) is 6.07 Å². The Kier molecular flexibility index (Phi) is 4.45. The summed E-state index contributed by atoms with van der Waals surface area (Å²) < 4.78 is 1.57. The molecule has 0 spiro atoms. The van der Waals surface area contributed by atoms with Gasteiger partial charge in [0, 0.05) is 18.1 Å². The molecule has 106 valence electrons. The highest BCUT2D eigenvalue weighted by molar-refractivity contribution is 8.03. The van der Waals surface area contributed by atoms with Crippen LogP contribution in [-0.4, -0.2) is 15.7 Å². The number of benzene rings is 1. The summed E-state index contributed by atoms with van der Waals surface area (Å²) in [5.41, 5.74) is 1.92. The fourth-order valence-electron chi connectivity index (χ4n) is 1.72. The number of thioether (sulfide) groups is 1. The zero-order valence-corrected chi connectivity index (χ0v) is 12.6. The lowest BCUT2D eigenvalue weighted by Crippen LogP contribution is -2.21. The van der Waals surface area contributed by atoms with Crippen molar-refractivity contribution in [2.24, 2.45) is 7.05 Å². The van der Waals surface area contributed by atoms with Crippen LogP contribution in [0.15, 0.2) is 47.0 Å². The van der Waals surface area contributed by atoms with Crippen molar-refractivity contribution < 1.29 is 4.79 Å². The first-order chi connectivity index (χ1) is 9.99. The van der Waals surface area contributed by atoms with Gasteiger partial charge < -0.3 is 5.32 Å². The minimum atomic E-state index is -0.292. The van der Waals surface area contributed by atoms with Crippen LogP contribution < -0.4 is 5.32 Å². The molecule has 21 heavy (non-hydrogen) atoms. The molecular formula is C15H14N4OS. The highest BCUT2D eigenvalue weighted by Gasteiger charge is 2.11. The Balaban J connectivity index is 2.02. The second-order valence-corrected chi connectivity index (χ2v) is 5.58. The molecule has 1 aromatic carbocycles. The Morgan fingerprint density at radius 1 is 1.48 bits per heavy atom. The monoisotopic (exact) mass is 298 g/mol. The van der Waals surface area contributed by atoms with Crippen molar-refractivity contribution in [3.63, 3.8) is 0 Å². The molecule has 0 atom stereocenters. The molecule has 2 aromatic rings. The summed E-state index contributed by atoms with van der Waals surface area (Å²) in [6.07, 6.45) is 1.70. The van der Waals surface area contributed by atoms with Crippen molar-refractivity contribution in [1.82, 2.24) is 15.1 Å². The van der Waals surface area contributed by atoms with Crippen LogP contribution in [0.2, 0.25) is 0 Å². The van der Waals surface area contributed by atoms with Gasteiger partial charge in [0.1, 0.15) is 0 Å². The molecule has 0 radical (unpaired) electrons. The van der Waals surface area contributed by atoms with Gasteiger partial charge in [0.05, 0.1) is 16.7 Å². The van der Waals surface area contributed by atoms with Gasteiger partial charge in [-0.15, -0.1) is 0 Å². The van der Waals surface area contributed by atoms with Crippen LogP contribution in [0.3, 0.4) is 0 Å². The third kappa shape index (κ3) is 3.74. The average Bonchev–Trinajstić information content (AvgIpc) is 2.87. The van der Waals surface area contributed by atoms with Gasteiger partial charge in [0.15, 0.2) is 5.69 Å². The number of rotatable bonds is 4. The molecule has 0 fully saturated rings. The Hall–Kier alpha value is -2.52. The first kappa shape index (κ1) is 14.9. The summed E-state index contributed by atoms with van der Waals surface area (Å²) in [5, 5.41) is 16.1. The van der Waals surface area contributed by atoms with Crippen LogP contribution in [-0.2, 0) is 7.05 Å². The second kappa shape index (κ2) is 6.29. The minimum absolute atomic E-state index is 0.292. The van der Waals surface area contributed by atoms with Gasteiger partial charge in [0.2, 0.25) is 0 Å². The van der Waals surface area contributed by atoms with Gasteiger partial charge in [0.25, 0.3) is 5.91 Å². The van der Waals surface area contributed by atoms with E-state index in [9.17, 15) is 4.79 Å². The van der Waals surface area contributed by atoms with Crippen molar-refractivity contribution >= 4 is 17.7 Å². The summed E-state index contributed by atoms with van der Waals surface area (Å²) in [6.45, 7) is 5.75. The van der Waals surface area contributed by atoms with Gasteiger partial charge >= 0.3 is 0 Å². The van der Waals surface area contributed by atoms with Gasteiger partial charge in [-0.2, -0.15) is 10.4 Å². The molecule has 0 aliphatic rings. The van der Waals surface area contributed by atoms with Gasteiger partial charge in [-0.25, -0.2) is 0 Å². The fourth-order valence-corrected chi connectivity index (χ4v) is 2.48. The summed E-state index contributed by atoms with van der Waals surface area (Å²) in [4.78, 5) is 12.9. The Morgan fingerprint density at radius 3 is 2.81 bits per heavy atom. The molecular weight excluding hydrogens is 284 g/mol. The molecule has 0 saturated heterocycles. The maximum Gasteiger partial charge on any atom is 0.276 e. The predicted octanol–water partition coefficient (Wildman–Crippen LogP) is 2.59. The Bertz CT molecular complexity index is 742. The number of nitrogens with zero attached hydrogens (tertiary/aromatic N) is 3. The van der Waals surface area contributed by atoms with Crippen molar-refractivity contribution in [1.29, 1.82) is 5.26 Å². The smallest absolute Gasteiger partial charge is 0.276 e. The number of aromatic nitrogens is 2. The maximum atomic E-state index is 11.9. The third-order valence-electron chi connectivity index (χ3n) is 2.74. The molecule has 5 nitrogen and oxygen atoms in total. The van der Waals surface area contributed by atoms with Crippen molar-refractivity contribution in [2.75, 3.05) is 0 Å². The summed E-state index contributed by atoms with van der Waals surface area (Å²) >= 11 is 1.35. The number of nitriles is 1. The third-order valence-corrected chi connectivity index (χ3v) is 3.76. The molecule has 0 bridgehead atoms. The summed E-state index contributed by atoms with van der Waals surface area (Å²) in [5.74, 6) is -0.292. The number of hydrogen-bond donors (Lipinski definition) is 1. The topological polar surface area (TPSA) is 70.7 Å². The minimum Gasteiger partial charge on any atom is -0.315 e. The number of hydrogen-bond acceptors (Lipinski definition) is 4. The van der Waals surface area contributed by atoms with E-state index in [0.29, 0.717) is 16.3 Å². The number of amides is 1. The molecule has 0 unspecified atom stereocenters. The largest absolute Gasteiger partial charge is 0.315 e. The van der Waals surface area contributed by atoms with Crippen LogP contribution >= 0.6 is 11.8 Å². The van der Waals surface area contributed by atoms with E-state index in [1.807, 2.05) is 13.0 Å². The van der Waals surface area contributed by atoms with Crippen LogP contribution in [0.1, 0.15) is 21.6 Å². The average molecular weight is 298 g/mol. The number of carbonyl (C=O) groups is 1. The van der Waals surface area contributed by atoms with E-state index in [-0.39, 0.29) is 5.91 Å². The Morgan fingerprint density at radius 2 is 2.24 bits per heavy atom. The Labute approximate surface area is 127 Å². The lowest BCUT2D eigenvalue weighted by atomic mass is 10.2. The zero-order chi connectivity index (χ0) is 15.4. The molecule has 1 heterocycles. The van der Waals surface area contributed by atoms with Crippen LogP contribution in [0.5, 0.6) is 0 Å². The van der Waals surface area contributed by atoms with E-state index in [1.165, 1.54) is 11.8 Å². The van der Waals surface area contributed by atoms with Crippen LogP contribution in [0.4, 0.5) is 0 Å². The SMILES string of the molecule is C=C(NC(=O)c1ccn(C)n1)Sc1ccc(C#N)cc1C. The quantitative estimate of drug-likeness (QED) is 0.881. The normalized spacial score (nSPS) is 9.95. The molecule has 0 aliphatic carbocycles. The molecule has 0 saturated carbocycles. The van der Waals surface area contributed by atoms with E-state index in [4.69, 9.17) is 5.26 Å². The van der Waals surface area contributed by atoms with Gasteiger partial charge in [-0.1, -0.05) is 18.3 Å². The molecule has 1 amide bonds. The highest BCUT2D eigenvalue weighted by atomic mass is 32.2. The van der Waals surface area contributed by atoms with E-state index < -0.39 is 0 Å². The summed E-state index contributed by atoms with van der Waals surface area (Å²) in [6, 6.07) is 9.12. The summed E-state index contributed by atoms with van der Waals surface area (Å²) in [7, 11) is 1.75.